The second-order valence-corrected chi connectivity index (χ2v) is 14.2. The monoisotopic (exact) mass is 469 g/mol. The van der Waals surface area contributed by atoms with Crippen molar-refractivity contribution in [2.75, 3.05) is 11.9 Å². The predicted octanol–water partition coefficient (Wildman–Crippen LogP) is 4.30. The maximum absolute atomic E-state index is 12.5. The van der Waals surface area contributed by atoms with Crippen molar-refractivity contribution in [3.8, 4) is 11.4 Å². The normalized spacial score (nSPS) is 12.9. The number of carbonyl (C=O) groups excluding carboxylic acids is 1. The Morgan fingerprint density at radius 3 is 2.42 bits per heavy atom. The molecule has 3 rings (SSSR count). The summed E-state index contributed by atoms with van der Waals surface area (Å²) in [4.78, 5) is 32.3. The Bertz CT molecular complexity index is 1130. The number of imidazole rings is 1. The van der Waals surface area contributed by atoms with Gasteiger partial charge in [0.1, 0.15) is 24.0 Å². The fourth-order valence-electron chi connectivity index (χ4n) is 2.72. The number of nitrogens with one attached hydrogen (secondary N) is 1. The lowest BCUT2D eigenvalue weighted by Gasteiger charge is -2.36. The van der Waals surface area contributed by atoms with Crippen LogP contribution in [0.15, 0.2) is 60.0 Å². The first-order valence-electron chi connectivity index (χ1n) is 10.8. The number of aromatic nitrogens is 4. The van der Waals surface area contributed by atoms with Crippen LogP contribution in [-0.4, -0.2) is 46.2 Å². The van der Waals surface area contributed by atoms with Crippen molar-refractivity contribution in [2.45, 2.75) is 51.9 Å². The topological polar surface area (TPSA) is 100 Å². The fourth-order valence-corrected chi connectivity index (χ4v) is 3.80. The molecule has 176 valence electrons. The van der Waals surface area contributed by atoms with Gasteiger partial charge in [-0.1, -0.05) is 20.8 Å². The van der Waals surface area contributed by atoms with Gasteiger partial charge in [0.15, 0.2) is 8.32 Å². The minimum atomic E-state index is -1.83. The number of anilines is 1. The average molecular weight is 470 g/mol. The number of hydrogen-bond donors (Lipinski definition) is 1. The summed E-state index contributed by atoms with van der Waals surface area (Å²) in [7, 11) is -1.83. The summed E-state index contributed by atoms with van der Waals surface area (Å²) in [6, 6.07) is 8.28. The molecule has 1 amide bonds. The Labute approximate surface area is 194 Å². The molecule has 1 unspecified atom stereocenters. The van der Waals surface area contributed by atoms with Crippen LogP contribution < -0.4 is 15.7 Å². The fraction of sp³-hybridized carbons (Fsp3) is 0.391. The van der Waals surface area contributed by atoms with Crippen molar-refractivity contribution in [3.63, 3.8) is 0 Å². The van der Waals surface area contributed by atoms with E-state index in [1.54, 1.807) is 36.5 Å². The molecule has 0 radical (unpaired) electrons. The van der Waals surface area contributed by atoms with Crippen LogP contribution in [0, 0.1) is 0 Å². The zero-order valence-corrected chi connectivity index (χ0v) is 20.9. The highest BCUT2D eigenvalue weighted by Crippen LogP contribution is 2.36. The summed E-state index contributed by atoms with van der Waals surface area (Å²) in [5.41, 5.74) is 0.126. The Balaban J connectivity index is 1.61. The van der Waals surface area contributed by atoms with Gasteiger partial charge in [-0.3, -0.25) is 14.5 Å². The third kappa shape index (κ3) is 6.17. The molecule has 9 nitrogen and oxygen atoms in total. The summed E-state index contributed by atoms with van der Waals surface area (Å²) in [5, 5.41) is 2.70. The molecule has 3 aromatic rings. The van der Waals surface area contributed by atoms with E-state index in [1.807, 2.05) is 6.92 Å². The van der Waals surface area contributed by atoms with E-state index in [4.69, 9.17) is 9.16 Å². The lowest BCUT2D eigenvalue weighted by Crippen LogP contribution is -2.43. The highest BCUT2D eigenvalue weighted by molar-refractivity contribution is 6.74. The van der Waals surface area contributed by atoms with Gasteiger partial charge in [0.2, 0.25) is 0 Å². The molecule has 0 aliphatic heterocycles. The van der Waals surface area contributed by atoms with E-state index in [-0.39, 0.29) is 17.0 Å². The predicted molar refractivity (Wildman–Crippen MR) is 130 cm³/mol. The molecule has 1 atom stereocenters. The number of amides is 1. The summed E-state index contributed by atoms with van der Waals surface area (Å²) in [6.45, 7) is 13.6. The SMILES string of the molecule is CC(CO[Si](C)(C)C(C)(C)C)Oc1ccc(-n2ccc(NC(=O)n3ccnc3)nc2=O)cc1. The van der Waals surface area contributed by atoms with Gasteiger partial charge in [-0.25, -0.2) is 14.6 Å². The first-order valence-corrected chi connectivity index (χ1v) is 13.7. The number of hydrogen-bond acceptors (Lipinski definition) is 6. The van der Waals surface area contributed by atoms with E-state index in [0.717, 1.165) is 0 Å². The number of carbonyl (C=O) groups is 1. The van der Waals surface area contributed by atoms with Crippen LogP contribution in [0.1, 0.15) is 27.7 Å². The standard InChI is InChI=1S/C23H31N5O4Si/c1-17(15-31-33(5,6)23(2,3)4)32-19-9-7-18(8-10-19)28-13-11-20(26-22(28)30)25-21(29)27-14-12-24-16-27/h7-14,16-17H,15H2,1-6H3,(H,25,26,29,30). The van der Waals surface area contributed by atoms with Gasteiger partial charge in [-0.15, -0.1) is 0 Å². The van der Waals surface area contributed by atoms with Crippen LogP contribution in [0.3, 0.4) is 0 Å². The summed E-state index contributed by atoms with van der Waals surface area (Å²) < 4.78 is 14.8. The molecule has 0 saturated carbocycles. The first kappa shape index (κ1) is 24.4. The van der Waals surface area contributed by atoms with Crippen molar-refractivity contribution in [3.05, 3.63) is 65.7 Å². The van der Waals surface area contributed by atoms with Crippen molar-refractivity contribution in [1.29, 1.82) is 0 Å². The molecule has 0 aliphatic carbocycles. The van der Waals surface area contributed by atoms with Crippen LogP contribution in [-0.2, 0) is 4.43 Å². The van der Waals surface area contributed by atoms with Crippen molar-refractivity contribution < 1.29 is 14.0 Å². The molecule has 1 N–H and O–H groups in total. The van der Waals surface area contributed by atoms with Gasteiger partial charge < -0.3 is 9.16 Å². The minimum absolute atomic E-state index is 0.104. The van der Waals surface area contributed by atoms with E-state index >= 15 is 0 Å². The maximum atomic E-state index is 12.5. The van der Waals surface area contributed by atoms with Crippen molar-refractivity contribution in [1.82, 2.24) is 19.1 Å². The van der Waals surface area contributed by atoms with Gasteiger partial charge in [-0.2, -0.15) is 4.98 Å². The van der Waals surface area contributed by atoms with Gasteiger partial charge in [-0.05, 0) is 55.4 Å². The molecule has 0 saturated heterocycles. The number of benzene rings is 1. The van der Waals surface area contributed by atoms with E-state index < -0.39 is 20.0 Å². The second kappa shape index (κ2) is 9.71. The maximum Gasteiger partial charge on any atom is 0.354 e. The molecule has 0 fully saturated rings. The summed E-state index contributed by atoms with van der Waals surface area (Å²) >= 11 is 0. The Kier molecular flexibility index (Phi) is 7.18. The van der Waals surface area contributed by atoms with Crippen LogP contribution in [0.25, 0.3) is 5.69 Å². The molecule has 2 heterocycles. The van der Waals surface area contributed by atoms with Gasteiger partial charge >= 0.3 is 11.7 Å². The Hall–Kier alpha value is -3.24. The largest absolute Gasteiger partial charge is 0.488 e. The molecular formula is C23H31N5O4Si. The number of ether oxygens (including phenoxy) is 1. The van der Waals surface area contributed by atoms with Gasteiger partial charge in [0, 0.05) is 18.6 Å². The molecule has 2 aromatic heterocycles. The van der Waals surface area contributed by atoms with Crippen LogP contribution in [0.2, 0.25) is 18.1 Å². The van der Waals surface area contributed by atoms with Crippen molar-refractivity contribution >= 4 is 20.2 Å². The van der Waals surface area contributed by atoms with E-state index in [1.165, 1.54) is 27.9 Å². The smallest absolute Gasteiger partial charge is 0.354 e. The molecular weight excluding hydrogens is 438 g/mol. The minimum Gasteiger partial charge on any atom is -0.488 e. The molecule has 33 heavy (non-hydrogen) atoms. The lowest BCUT2D eigenvalue weighted by atomic mass is 10.2. The second-order valence-electron chi connectivity index (χ2n) is 9.36. The molecule has 0 spiro atoms. The Morgan fingerprint density at radius 1 is 1.15 bits per heavy atom. The Morgan fingerprint density at radius 2 is 1.85 bits per heavy atom. The van der Waals surface area contributed by atoms with E-state index in [9.17, 15) is 9.59 Å². The highest BCUT2D eigenvalue weighted by Gasteiger charge is 2.37. The first-order chi connectivity index (χ1) is 15.5. The number of rotatable bonds is 7. The average Bonchev–Trinajstić information content (AvgIpc) is 3.28. The zero-order valence-electron chi connectivity index (χ0n) is 19.9. The summed E-state index contributed by atoms with van der Waals surface area (Å²) in [5.74, 6) is 0.848. The molecule has 10 heteroatoms. The summed E-state index contributed by atoms with van der Waals surface area (Å²) in [6.07, 6.45) is 5.80. The third-order valence-electron chi connectivity index (χ3n) is 5.71. The zero-order chi connectivity index (χ0) is 24.2. The van der Waals surface area contributed by atoms with Crippen LogP contribution in [0.4, 0.5) is 10.6 Å². The van der Waals surface area contributed by atoms with Gasteiger partial charge in [0.25, 0.3) is 0 Å². The third-order valence-corrected chi connectivity index (χ3v) is 10.2. The van der Waals surface area contributed by atoms with Gasteiger partial charge in [0.05, 0.1) is 12.3 Å². The molecule has 0 bridgehead atoms. The quantitative estimate of drug-likeness (QED) is 0.518. The highest BCUT2D eigenvalue weighted by atomic mass is 28.4. The molecule has 1 aromatic carbocycles. The van der Waals surface area contributed by atoms with E-state index in [0.29, 0.717) is 18.0 Å². The van der Waals surface area contributed by atoms with Crippen molar-refractivity contribution in [2.24, 2.45) is 0 Å². The number of nitrogens with zero attached hydrogens (tertiary/aromatic N) is 4. The van der Waals surface area contributed by atoms with Crippen LogP contribution >= 0.6 is 0 Å². The van der Waals surface area contributed by atoms with Crippen LogP contribution in [0.5, 0.6) is 5.75 Å². The molecule has 0 aliphatic rings. The lowest BCUT2D eigenvalue weighted by molar-refractivity contribution is 0.134. The van der Waals surface area contributed by atoms with E-state index in [2.05, 4.69) is 49.1 Å².